The molecule has 0 spiro atoms. The highest BCUT2D eigenvalue weighted by Crippen LogP contribution is 2.33. The molecule has 0 radical (unpaired) electrons. The minimum absolute atomic E-state index is 0.897. The molecule has 1 saturated heterocycles. The van der Waals surface area contributed by atoms with Gasteiger partial charge >= 0.3 is 0 Å². The third-order valence-electron chi connectivity index (χ3n) is 4.59. The SMILES string of the molecule is CC(C)CC1CCC(N2CCC(C)C2)CC1. The lowest BCUT2D eigenvalue weighted by molar-refractivity contribution is 0.152. The zero-order valence-electron chi connectivity index (χ0n) is 11.4. The first-order valence-corrected chi connectivity index (χ1v) is 7.39. The number of hydrogen-bond donors (Lipinski definition) is 0. The van der Waals surface area contributed by atoms with Gasteiger partial charge in [-0.15, -0.1) is 0 Å². The average Bonchev–Trinajstić information content (AvgIpc) is 2.65. The Morgan fingerprint density at radius 1 is 1.06 bits per heavy atom. The van der Waals surface area contributed by atoms with Gasteiger partial charge in [0.2, 0.25) is 0 Å². The molecule has 0 aromatic rings. The molecule has 0 amide bonds. The fourth-order valence-corrected chi connectivity index (χ4v) is 3.71. The van der Waals surface area contributed by atoms with Crippen molar-refractivity contribution in [1.29, 1.82) is 0 Å². The summed E-state index contributed by atoms with van der Waals surface area (Å²) in [6.45, 7) is 9.90. The topological polar surface area (TPSA) is 3.24 Å². The maximum atomic E-state index is 2.77. The molecule has 16 heavy (non-hydrogen) atoms. The largest absolute Gasteiger partial charge is 0.300 e. The molecule has 1 atom stereocenters. The Labute approximate surface area is 102 Å². The van der Waals surface area contributed by atoms with Crippen molar-refractivity contribution in [3.63, 3.8) is 0 Å². The molecule has 0 N–H and O–H groups in total. The first-order chi connectivity index (χ1) is 7.65. The van der Waals surface area contributed by atoms with Gasteiger partial charge in [0.1, 0.15) is 0 Å². The Kier molecular flexibility index (Phi) is 4.29. The summed E-state index contributed by atoms with van der Waals surface area (Å²) in [6, 6.07) is 0.938. The predicted molar refractivity (Wildman–Crippen MR) is 70.6 cm³/mol. The number of hydrogen-bond acceptors (Lipinski definition) is 1. The van der Waals surface area contributed by atoms with Crippen LogP contribution in [0.4, 0.5) is 0 Å². The monoisotopic (exact) mass is 223 g/mol. The van der Waals surface area contributed by atoms with E-state index >= 15 is 0 Å². The van der Waals surface area contributed by atoms with Gasteiger partial charge < -0.3 is 4.90 Å². The lowest BCUT2D eigenvalue weighted by Gasteiger charge is -2.35. The first kappa shape index (κ1) is 12.4. The third-order valence-corrected chi connectivity index (χ3v) is 4.59. The summed E-state index contributed by atoms with van der Waals surface area (Å²) in [6.07, 6.45) is 8.84. The second-order valence-electron chi connectivity index (χ2n) is 6.69. The van der Waals surface area contributed by atoms with Gasteiger partial charge in [-0.05, 0) is 62.8 Å². The number of likely N-dealkylation sites (tertiary alicyclic amines) is 1. The van der Waals surface area contributed by atoms with Gasteiger partial charge in [-0.2, -0.15) is 0 Å². The molecule has 2 rings (SSSR count). The summed E-state index contributed by atoms with van der Waals surface area (Å²) in [4.78, 5) is 2.77. The molecule has 1 saturated carbocycles. The third kappa shape index (κ3) is 3.23. The van der Waals surface area contributed by atoms with Crippen molar-refractivity contribution in [1.82, 2.24) is 4.90 Å². The van der Waals surface area contributed by atoms with E-state index < -0.39 is 0 Å². The van der Waals surface area contributed by atoms with Crippen LogP contribution in [-0.2, 0) is 0 Å². The Morgan fingerprint density at radius 2 is 1.75 bits per heavy atom. The second-order valence-corrected chi connectivity index (χ2v) is 6.69. The highest BCUT2D eigenvalue weighted by atomic mass is 15.2. The van der Waals surface area contributed by atoms with Crippen LogP contribution in [0, 0.1) is 17.8 Å². The molecular weight excluding hydrogens is 194 g/mol. The van der Waals surface area contributed by atoms with Crippen molar-refractivity contribution in [3.05, 3.63) is 0 Å². The summed E-state index contributed by atoms with van der Waals surface area (Å²) in [5.41, 5.74) is 0. The smallest absolute Gasteiger partial charge is 0.00955 e. The molecule has 0 aromatic carbocycles. The summed E-state index contributed by atoms with van der Waals surface area (Å²) in [5.74, 6) is 2.89. The van der Waals surface area contributed by atoms with Crippen LogP contribution >= 0.6 is 0 Å². The van der Waals surface area contributed by atoms with Crippen LogP contribution in [0.2, 0.25) is 0 Å². The summed E-state index contributed by atoms with van der Waals surface area (Å²) < 4.78 is 0. The van der Waals surface area contributed by atoms with E-state index in [9.17, 15) is 0 Å². The van der Waals surface area contributed by atoms with Crippen LogP contribution in [0.5, 0.6) is 0 Å². The standard InChI is InChI=1S/C15H29N/c1-12(2)10-14-4-6-15(7-5-14)16-9-8-13(3)11-16/h12-15H,4-11H2,1-3H3. The van der Waals surface area contributed by atoms with E-state index in [4.69, 9.17) is 0 Å². The molecule has 1 unspecified atom stereocenters. The minimum atomic E-state index is 0.897. The van der Waals surface area contributed by atoms with Crippen LogP contribution in [0.1, 0.15) is 59.3 Å². The highest BCUT2D eigenvalue weighted by molar-refractivity contribution is 4.84. The van der Waals surface area contributed by atoms with Gasteiger partial charge in [-0.25, -0.2) is 0 Å². The van der Waals surface area contributed by atoms with Crippen molar-refractivity contribution in [2.24, 2.45) is 17.8 Å². The van der Waals surface area contributed by atoms with Gasteiger partial charge in [0.05, 0.1) is 0 Å². The normalized spacial score (nSPS) is 37.1. The van der Waals surface area contributed by atoms with E-state index in [-0.39, 0.29) is 0 Å². The molecule has 0 aromatic heterocycles. The van der Waals surface area contributed by atoms with E-state index in [0.29, 0.717) is 0 Å². The summed E-state index contributed by atoms with van der Waals surface area (Å²) >= 11 is 0. The minimum Gasteiger partial charge on any atom is -0.300 e. The van der Waals surface area contributed by atoms with Gasteiger partial charge in [-0.1, -0.05) is 20.8 Å². The van der Waals surface area contributed by atoms with Gasteiger partial charge in [0.15, 0.2) is 0 Å². The molecule has 0 bridgehead atoms. The zero-order chi connectivity index (χ0) is 11.5. The Hall–Kier alpha value is -0.0400. The maximum absolute atomic E-state index is 2.77. The molecule has 94 valence electrons. The van der Waals surface area contributed by atoms with Crippen LogP contribution in [0.15, 0.2) is 0 Å². The van der Waals surface area contributed by atoms with E-state index in [1.54, 1.807) is 0 Å². The molecule has 1 nitrogen and oxygen atoms in total. The molecule has 1 heterocycles. The Morgan fingerprint density at radius 3 is 2.25 bits per heavy atom. The van der Waals surface area contributed by atoms with Crippen molar-refractivity contribution in [2.45, 2.75) is 65.3 Å². The number of rotatable bonds is 3. The van der Waals surface area contributed by atoms with Gasteiger partial charge in [-0.3, -0.25) is 0 Å². The van der Waals surface area contributed by atoms with Gasteiger partial charge in [0.25, 0.3) is 0 Å². The maximum Gasteiger partial charge on any atom is 0.00955 e. The Bertz CT molecular complexity index is 203. The van der Waals surface area contributed by atoms with Crippen molar-refractivity contribution in [2.75, 3.05) is 13.1 Å². The number of nitrogens with zero attached hydrogens (tertiary/aromatic N) is 1. The second kappa shape index (κ2) is 5.53. The van der Waals surface area contributed by atoms with E-state index in [1.807, 2.05) is 0 Å². The lowest BCUT2D eigenvalue weighted by atomic mass is 9.81. The lowest BCUT2D eigenvalue weighted by Crippen LogP contribution is -2.36. The summed E-state index contributed by atoms with van der Waals surface area (Å²) in [7, 11) is 0. The molecule has 2 fully saturated rings. The van der Waals surface area contributed by atoms with Crippen molar-refractivity contribution >= 4 is 0 Å². The first-order valence-electron chi connectivity index (χ1n) is 7.39. The average molecular weight is 223 g/mol. The molecule has 1 aliphatic heterocycles. The molecule has 2 aliphatic rings. The molecule has 1 heteroatoms. The van der Waals surface area contributed by atoms with E-state index in [0.717, 1.165) is 23.8 Å². The predicted octanol–water partition coefficient (Wildman–Crippen LogP) is 3.93. The van der Waals surface area contributed by atoms with Crippen LogP contribution in [-0.4, -0.2) is 24.0 Å². The van der Waals surface area contributed by atoms with E-state index in [1.165, 1.54) is 51.6 Å². The fraction of sp³-hybridized carbons (Fsp3) is 1.00. The van der Waals surface area contributed by atoms with E-state index in [2.05, 4.69) is 25.7 Å². The van der Waals surface area contributed by atoms with Crippen molar-refractivity contribution in [3.8, 4) is 0 Å². The van der Waals surface area contributed by atoms with Gasteiger partial charge in [0, 0.05) is 12.6 Å². The van der Waals surface area contributed by atoms with Crippen LogP contribution in [0.3, 0.4) is 0 Å². The summed E-state index contributed by atoms with van der Waals surface area (Å²) in [5, 5.41) is 0. The highest BCUT2D eigenvalue weighted by Gasteiger charge is 2.29. The fourth-order valence-electron chi connectivity index (χ4n) is 3.71. The van der Waals surface area contributed by atoms with Crippen LogP contribution in [0.25, 0.3) is 0 Å². The molecular formula is C15H29N. The zero-order valence-corrected chi connectivity index (χ0v) is 11.4. The van der Waals surface area contributed by atoms with Crippen molar-refractivity contribution < 1.29 is 0 Å². The van der Waals surface area contributed by atoms with Crippen LogP contribution < -0.4 is 0 Å². The Balaban J connectivity index is 1.72. The molecule has 1 aliphatic carbocycles. The quantitative estimate of drug-likeness (QED) is 0.700.